The van der Waals surface area contributed by atoms with E-state index in [4.69, 9.17) is 0 Å². The van der Waals surface area contributed by atoms with Crippen molar-refractivity contribution in [2.24, 2.45) is 0 Å². The lowest BCUT2D eigenvalue weighted by Gasteiger charge is -2.24. The molecular formula is C19H18F4N2. The minimum Gasteiger partial charge on any atom is -0.367 e. The Balaban J connectivity index is 1.75. The van der Waals surface area contributed by atoms with E-state index in [-0.39, 0.29) is 5.56 Å². The van der Waals surface area contributed by atoms with Crippen LogP contribution in [0.2, 0.25) is 0 Å². The summed E-state index contributed by atoms with van der Waals surface area (Å²) in [6.45, 7) is 2.77. The summed E-state index contributed by atoms with van der Waals surface area (Å²) in [6, 6.07) is 8.72. The standard InChI is InChI=1S/C19H18F4N2/c20-14-2-3-16(17(11-14)19(21,22)23)12-1-4-18-13(9-12)10-15-5-6-24-7-8-25(15)18/h1-4,9,11,15,24H,5-8,10H2. The van der Waals surface area contributed by atoms with Gasteiger partial charge in [-0.25, -0.2) is 4.39 Å². The van der Waals surface area contributed by atoms with Gasteiger partial charge in [-0.15, -0.1) is 0 Å². The molecule has 0 aliphatic carbocycles. The van der Waals surface area contributed by atoms with Crippen molar-refractivity contribution in [2.45, 2.75) is 25.1 Å². The van der Waals surface area contributed by atoms with Gasteiger partial charge in [0, 0.05) is 24.8 Å². The maximum Gasteiger partial charge on any atom is 0.417 e. The molecule has 0 aromatic heterocycles. The third kappa shape index (κ3) is 2.99. The predicted molar refractivity (Wildman–Crippen MR) is 89.2 cm³/mol. The molecule has 2 aliphatic heterocycles. The molecule has 2 heterocycles. The Labute approximate surface area is 143 Å². The van der Waals surface area contributed by atoms with Crippen LogP contribution in [-0.4, -0.2) is 25.7 Å². The molecule has 0 amide bonds. The van der Waals surface area contributed by atoms with E-state index in [9.17, 15) is 17.6 Å². The first kappa shape index (κ1) is 16.4. The summed E-state index contributed by atoms with van der Waals surface area (Å²) in [4.78, 5) is 2.34. The van der Waals surface area contributed by atoms with Gasteiger partial charge in [-0.3, -0.25) is 0 Å². The maximum atomic E-state index is 13.3. The molecule has 132 valence electrons. The first-order valence-electron chi connectivity index (χ1n) is 8.41. The molecule has 1 atom stereocenters. The number of fused-ring (bicyclic) bond motifs is 3. The predicted octanol–water partition coefficient (Wildman–Crippen LogP) is 4.24. The van der Waals surface area contributed by atoms with Gasteiger partial charge in [0.2, 0.25) is 0 Å². The molecule has 2 aliphatic rings. The van der Waals surface area contributed by atoms with Gasteiger partial charge in [-0.2, -0.15) is 13.2 Å². The van der Waals surface area contributed by atoms with Crippen LogP contribution in [0.15, 0.2) is 36.4 Å². The third-order valence-electron chi connectivity index (χ3n) is 5.07. The third-order valence-corrected chi connectivity index (χ3v) is 5.07. The number of hydrogen-bond donors (Lipinski definition) is 1. The summed E-state index contributed by atoms with van der Waals surface area (Å²) < 4.78 is 53.2. The Morgan fingerprint density at radius 1 is 1.04 bits per heavy atom. The van der Waals surface area contributed by atoms with Gasteiger partial charge in [0.25, 0.3) is 0 Å². The summed E-state index contributed by atoms with van der Waals surface area (Å²) in [6.07, 6.45) is -2.72. The average Bonchev–Trinajstić information content (AvgIpc) is 2.74. The largest absolute Gasteiger partial charge is 0.417 e. The van der Waals surface area contributed by atoms with Gasteiger partial charge in [-0.05, 0) is 60.3 Å². The van der Waals surface area contributed by atoms with Crippen LogP contribution in [-0.2, 0) is 12.6 Å². The SMILES string of the molecule is Fc1ccc(-c2ccc3c(c2)CC2CCNCCN32)c(C(F)(F)F)c1. The van der Waals surface area contributed by atoms with E-state index >= 15 is 0 Å². The zero-order chi connectivity index (χ0) is 17.6. The van der Waals surface area contributed by atoms with Crippen molar-refractivity contribution in [3.05, 3.63) is 53.3 Å². The van der Waals surface area contributed by atoms with Crippen LogP contribution in [0.3, 0.4) is 0 Å². The summed E-state index contributed by atoms with van der Waals surface area (Å²) in [5.41, 5.74) is 1.77. The lowest BCUT2D eigenvalue weighted by Crippen LogP contribution is -2.32. The molecule has 2 aromatic carbocycles. The second-order valence-electron chi connectivity index (χ2n) is 6.62. The van der Waals surface area contributed by atoms with Crippen molar-refractivity contribution in [2.75, 3.05) is 24.5 Å². The maximum absolute atomic E-state index is 13.3. The number of halogens is 4. The second kappa shape index (κ2) is 6.02. The molecule has 6 heteroatoms. The van der Waals surface area contributed by atoms with Crippen molar-refractivity contribution in [1.82, 2.24) is 5.32 Å². The lowest BCUT2D eigenvalue weighted by atomic mass is 9.96. The molecule has 2 nitrogen and oxygen atoms in total. The number of nitrogens with zero attached hydrogens (tertiary/aromatic N) is 1. The van der Waals surface area contributed by atoms with Crippen molar-refractivity contribution >= 4 is 5.69 Å². The van der Waals surface area contributed by atoms with Crippen molar-refractivity contribution in [3.8, 4) is 11.1 Å². The fourth-order valence-corrected chi connectivity index (χ4v) is 3.91. The quantitative estimate of drug-likeness (QED) is 0.774. The Morgan fingerprint density at radius 3 is 2.68 bits per heavy atom. The van der Waals surface area contributed by atoms with Crippen LogP contribution in [0.4, 0.5) is 23.2 Å². The zero-order valence-corrected chi connectivity index (χ0v) is 13.5. The zero-order valence-electron chi connectivity index (χ0n) is 13.5. The fourth-order valence-electron chi connectivity index (χ4n) is 3.91. The molecule has 2 aromatic rings. The molecule has 25 heavy (non-hydrogen) atoms. The molecule has 0 spiro atoms. The Hall–Kier alpha value is -2.08. The second-order valence-corrected chi connectivity index (χ2v) is 6.62. The summed E-state index contributed by atoms with van der Waals surface area (Å²) in [5.74, 6) is -0.877. The number of anilines is 1. The van der Waals surface area contributed by atoms with Gasteiger partial charge in [-0.1, -0.05) is 12.1 Å². The van der Waals surface area contributed by atoms with E-state index in [1.165, 1.54) is 6.07 Å². The smallest absolute Gasteiger partial charge is 0.367 e. The van der Waals surface area contributed by atoms with Gasteiger partial charge >= 0.3 is 6.18 Å². The Bertz CT molecular complexity index is 800. The number of hydrogen-bond acceptors (Lipinski definition) is 2. The molecule has 4 rings (SSSR count). The number of alkyl halides is 3. The van der Waals surface area contributed by atoms with E-state index in [2.05, 4.69) is 10.2 Å². The Kier molecular flexibility index (Phi) is 3.95. The lowest BCUT2D eigenvalue weighted by molar-refractivity contribution is -0.137. The highest BCUT2D eigenvalue weighted by Gasteiger charge is 2.35. The topological polar surface area (TPSA) is 15.3 Å². The van der Waals surface area contributed by atoms with Gasteiger partial charge < -0.3 is 10.2 Å². The van der Waals surface area contributed by atoms with Crippen LogP contribution in [0.5, 0.6) is 0 Å². The van der Waals surface area contributed by atoms with E-state index < -0.39 is 17.6 Å². The van der Waals surface area contributed by atoms with Crippen molar-refractivity contribution in [1.29, 1.82) is 0 Å². The summed E-state index contributed by atoms with van der Waals surface area (Å²) in [5, 5.41) is 3.37. The first-order chi connectivity index (χ1) is 11.9. The normalized spacial score (nSPS) is 20.2. The van der Waals surface area contributed by atoms with Crippen LogP contribution < -0.4 is 10.2 Å². The van der Waals surface area contributed by atoms with E-state index in [0.29, 0.717) is 17.7 Å². The number of benzene rings is 2. The highest BCUT2D eigenvalue weighted by Crippen LogP contribution is 2.41. The molecular weight excluding hydrogens is 332 g/mol. The van der Waals surface area contributed by atoms with Crippen molar-refractivity contribution in [3.63, 3.8) is 0 Å². The minimum atomic E-state index is -4.59. The van der Waals surface area contributed by atoms with E-state index in [1.54, 1.807) is 6.07 Å². The molecule has 0 saturated carbocycles. The molecule has 1 N–H and O–H groups in total. The van der Waals surface area contributed by atoms with Crippen LogP contribution in [0.25, 0.3) is 11.1 Å². The average molecular weight is 350 g/mol. The molecule has 1 saturated heterocycles. The molecule has 1 unspecified atom stereocenters. The first-order valence-corrected chi connectivity index (χ1v) is 8.41. The summed E-state index contributed by atoms with van der Waals surface area (Å²) >= 11 is 0. The van der Waals surface area contributed by atoms with Crippen LogP contribution in [0.1, 0.15) is 17.5 Å². The highest BCUT2D eigenvalue weighted by molar-refractivity contribution is 5.73. The van der Waals surface area contributed by atoms with Crippen LogP contribution in [0, 0.1) is 5.82 Å². The van der Waals surface area contributed by atoms with E-state index in [0.717, 1.165) is 49.8 Å². The number of nitrogens with one attached hydrogen (secondary N) is 1. The monoisotopic (exact) mass is 350 g/mol. The van der Waals surface area contributed by atoms with E-state index in [1.807, 2.05) is 12.1 Å². The van der Waals surface area contributed by atoms with Crippen LogP contribution >= 0.6 is 0 Å². The summed E-state index contributed by atoms with van der Waals surface area (Å²) in [7, 11) is 0. The fraction of sp³-hybridized carbons (Fsp3) is 0.368. The van der Waals surface area contributed by atoms with Gasteiger partial charge in [0.05, 0.1) is 5.56 Å². The van der Waals surface area contributed by atoms with Gasteiger partial charge in [0.1, 0.15) is 5.82 Å². The Morgan fingerprint density at radius 2 is 1.88 bits per heavy atom. The molecule has 0 radical (unpaired) electrons. The molecule has 1 fully saturated rings. The number of rotatable bonds is 1. The van der Waals surface area contributed by atoms with Crippen molar-refractivity contribution < 1.29 is 17.6 Å². The highest BCUT2D eigenvalue weighted by atomic mass is 19.4. The van der Waals surface area contributed by atoms with Gasteiger partial charge in [0.15, 0.2) is 0 Å². The molecule has 0 bridgehead atoms. The minimum absolute atomic E-state index is 0.0282.